The van der Waals surface area contributed by atoms with Crippen molar-refractivity contribution in [3.05, 3.63) is 101 Å². The first-order valence-electron chi connectivity index (χ1n) is 9.35. The number of nitrogens with zero attached hydrogens (tertiary/aromatic N) is 1. The molecule has 31 heavy (non-hydrogen) atoms. The van der Waals surface area contributed by atoms with Crippen LogP contribution < -0.4 is 9.47 Å². The number of benzene rings is 3. The van der Waals surface area contributed by atoms with Gasteiger partial charge in [0.2, 0.25) is 5.90 Å². The summed E-state index contributed by atoms with van der Waals surface area (Å²) in [6.45, 7) is 0.142. The fraction of sp³-hybridized carbons (Fsp3) is 0.0833. The van der Waals surface area contributed by atoms with Crippen molar-refractivity contribution in [3.8, 4) is 11.5 Å². The molecule has 0 aliphatic carbocycles. The van der Waals surface area contributed by atoms with Crippen LogP contribution in [0.5, 0.6) is 11.5 Å². The largest absolute Gasteiger partial charge is 0.493 e. The van der Waals surface area contributed by atoms with Gasteiger partial charge in [0, 0.05) is 5.56 Å². The van der Waals surface area contributed by atoms with Crippen LogP contribution in [-0.4, -0.2) is 19.0 Å². The number of esters is 1. The van der Waals surface area contributed by atoms with Gasteiger partial charge in [-0.15, -0.1) is 0 Å². The number of rotatable bonds is 6. The van der Waals surface area contributed by atoms with Gasteiger partial charge in [0.1, 0.15) is 18.2 Å². The van der Waals surface area contributed by atoms with Crippen molar-refractivity contribution >= 4 is 17.9 Å². The highest BCUT2D eigenvalue weighted by molar-refractivity contribution is 6.12. The molecule has 0 saturated heterocycles. The Labute approximate surface area is 177 Å². The van der Waals surface area contributed by atoms with Crippen LogP contribution in [-0.2, 0) is 16.1 Å². The summed E-state index contributed by atoms with van der Waals surface area (Å²) >= 11 is 0. The Bertz CT molecular complexity index is 1190. The van der Waals surface area contributed by atoms with Gasteiger partial charge in [-0.25, -0.2) is 18.6 Å². The van der Waals surface area contributed by atoms with Gasteiger partial charge in [0.15, 0.2) is 17.2 Å². The third-order valence-electron chi connectivity index (χ3n) is 4.49. The predicted octanol–water partition coefficient (Wildman–Crippen LogP) is 4.90. The Morgan fingerprint density at radius 1 is 0.968 bits per heavy atom. The number of aliphatic imine (C=N–C) groups is 1. The van der Waals surface area contributed by atoms with E-state index < -0.39 is 11.8 Å². The highest BCUT2D eigenvalue weighted by Gasteiger charge is 2.24. The van der Waals surface area contributed by atoms with Gasteiger partial charge < -0.3 is 14.2 Å². The van der Waals surface area contributed by atoms with Crippen LogP contribution in [0.1, 0.15) is 16.7 Å². The van der Waals surface area contributed by atoms with E-state index in [-0.39, 0.29) is 24.0 Å². The average Bonchev–Trinajstić information content (AvgIpc) is 3.13. The van der Waals surface area contributed by atoms with Gasteiger partial charge in [-0.2, -0.15) is 0 Å². The van der Waals surface area contributed by atoms with Crippen LogP contribution in [0.25, 0.3) is 6.08 Å². The van der Waals surface area contributed by atoms with Crippen LogP contribution >= 0.6 is 0 Å². The molecule has 7 heteroatoms. The molecule has 0 bridgehead atoms. The highest BCUT2D eigenvalue weighted by Crippen LogP contribution is 2.30. The van der Waals surface area contributed by atoms with Gasteiger partial charge >= 0.3 is 5.97 Å². The first-order valence-corrected chi connectivity index (χ1v) is 9.35. The molecule has 0 aromatic heterocycles. The quantitative estimate of drug-likeness (QED) is 0.420. The Morgan fingerprint density at radius 2 is 1.77 bits per heavy atom. The molecule has 0 spiro atoms. The van der Waals surface area contributed by atoms with Gasteiger partial charge in [-0.3, -0.25) is 0 Å². The molecule has 3 aromatic carbocycles. The van der Waals surface area contributed by atoms with Gasteiger partial charge in [0.05, 0.1) is 7.11 Å². The van der Waals surface area contributed by atoms with Crippen molar-refractivity contribution in [2.24, 2.45) is 4.99 Å². The molecule has 1 heterocycles. The van der Waals surface area contributed by atoms with Gasteiger partial charge in [0.25, 0.3) is 0 Å². The smallest absolute Gasteiger partial charge is 0.363 e. The van der Waals surface area contributed by atoms with Crippen molar-refractivity contribution in [1.82, 2.24) is 0 Å². The monoisotopic (exact) mass is 421 g/mol. The lowest BCUT2D eigenvalue weighted by atomic mass is 10.1. The van der Waals surface area contributed by atoms with Crippen molar-refractivity contribution in [2.75, 3.05) is 7.11 Å². The van der Waals surface area contributed by atoms with Crippen LogP contribution in [0.4, 0.5) is 8.78 Å². The lowest BCUT2D eigenvalue weighted by Gasteiger charge is -2.11. The van der Waals surface area contributed by atoms with Crippen molar-refractivity contribution in [2.45, 2.75) is 6.61 Å². The second-order valence-electron chi connectivity index (χ2n) is 6.67. The maximum Gasteiger partial charge on any atom is 0.363 e. The number of methoxy groups -OCH3 is 1. The molecule has 0 fully saturated rings. The van der Waals surface area contributed by atoms with Crippen LogP contribution in [0.3, 0.4) is 0 Å². The lowest BCUT2D eigenvalue weighted by molar-refractivity contribution is -0.129. The van der Waals surface area contributed by atoms with E-state index in [1.165, 1.54) is 43.5 Å². The van der Waals surface area contributed by atoms with Crippen LogP contribution in [0, 0.1) is 11.6 Å². The molecule has 1 aliphatic heterocycles. The van der Waals surface area contributed by atoms with Gasteiger partial charge in [-0.05, 0) is 65.7 Å². The number of hydrogen-bond donors (Lipinski definition) is 0. The number of carbonyl (C=O) groups is 1. The third-order valence-corrected chi connectivity index (χ3v) is 4.49. The van der Waals surface area contributed by atoms with E-state index >= 15 is 0 Å². The molecular formula is C24H17F2NO4. The number of halogens is 2. The Hall–Kier alpha value is -4.00. The zero-order valence-corrected chi connectivity index (χ0v) is 16.5. The zero-order chi connectivity index (χ0) is 21.8. The zero-order valence-electron chi connectivity index (χ0n) is 16.5. The topological polar surface area (TPSA) is 57.1 Å². The maximum atomic E-state index is 13.4. The summed E-state index contributed by atoms with van der Waals surface area (Å²) in [6.07, 6.45) is 1.55. The Balaban J connectivity index is 1.57. The van der Waals surface area contributed by atoms with E-state index in [0.717, 1.165) is 0 Å². The van der Waals surface area contributed by atoms with Gasteiger partial charge in [-0.1, -0.05) is 18.2 Å². The van der Waals surface area contributed by atoms with Crippen molar-refractivity contribution < 1.29 is 27.8 Å². The minimum absolute atomic E-state index is 0.0978. The molecule has 0 saturated carbocycles. The summed E-state index contributed by atoms with van der Waals surface area (Å²) < 4.78 is 42.8. The number of hydrogen-bond acceptors (Lipinski definition) is 5. The molecule has 1 aliphatic rings. The normalized spacial score (nSPS) is 14.4. The number of carbonyl (C=O) groups excluding carboxylic acids is 1. The first-order chi connectivity index (χ1) is 15.0. The Morgan fingerprint density at radius 3 is 2.52 bits per heavy atom. The molecular weight excluding hydrogens is 404 g/mol. The highest BCUT2D eigenvalue weighted by atomic mass is 19.1. The molecule has 4 rings (SSSR count). The molecule has 5 nitrogen and oxygen atoms in total. The molecule has 156 valence electrons. The lowest BCUT2D eigenvalue weighted by Crippen LogP contribution is -2.05. The molecule has 0 radical (unpaired) electrons. The molecule has 0 unspecified atom stereocenters. The second kappa shape index (κ2) is 8.79. The second-order valence-corrected chi connectivity index (χ2v) is 6.67. The maximum absolute atomic E-state index is 13.4. The first kappa shape index (κ1) is 20.3. The summed E-state index contributed by atoms with van der Waals surface area (Å²) in [5.74, 6) is -0.336. The minimum Gasteiger partial charge on any atom is -0.493 e. The van der Waals surface area contributed by atoms with Crippen LogP contribution in [0.15, 0.2) is 77.4 Å². The fourth-order valence-electron chi connectivity index (χ4n) is 2.97. The SMILES string of the molecule is COc1ccc(/C=C2\N=C(c3ccc(F)cc3)OC2=O)cc1OCc1cccc(F)c1. The van der Waals surface area contributed by atoms with E-state index in [9.17, 15) is 13.6 Å². The van der Waals surface area contributed by atoms with Crippen LogP contribution in [0.2, 0.25) is 0 Å². The van der Waals surface area contributed by atoms with Crippen molar-refractivity contribution in [3.63, 3.8) is 0 Å². The van der Waals surface area contributed by atoms with E-state index in [2.05, 4.69) is 4.99 Å². The average molecular weight is 421 g/mol. The summed E-state index contributed by atoms with van der Waals surface area (Å²) in [4.78, 5) is 16.4. The standard InChI is InChI=1S/C24H17F2NO4/c1-29-21-10-5-15(13-22(21)30-14-16-3-2-4-19(26)11-16)12-20-24(28)31-23(27-20)17-6-8-18(25)9-7-17/h2-13H,14H2,1H3/b20-12-. The molecule has 0 amide bonds. The minimum atomic E-state index is -0.614. The number of cyclic esters (lactones) is 1. The van der Waals surface area contributed by atoms with E-state index in [4.69, 9.17) is 14.2 Å². The summed E-state index contributed by atoms with van der Waals surface area (Å²) in [6, 6.07) is 16.7. The van der Waals surface area contributed by atoms with E-state index in [0.29, 0.717) is 28.2 Å². The third kappa shape index (κ3) is 4.78. The number of ether oxygens (including phenoxy) is 3. The fourth-order valence-corrected chi connectivity index (χ4v) is 2.97. The van der Waals surface area contributed by atoms with Crippen molar-refractivity contribution in [1.29, 1.82) is 0 Å². The Kier molecular flexibility index (Phi) is 5.75. The summed E-state index contributed by atoms with van der Waals surface area (Å²) in [7, 11) is 1.51. The summed E-state index contributed by atoms with van der Waals surface area (Å²) in [5, 5.41) is 0. The molecule has 3 aromatic rings. The molecule has 0 N–H and O–H groups in total. The predicted molar refractivity (Wildman–Crippen MR) is 111 cm³/mol. The van der Waals surface area contributed by atoms with E-state index in [1.807, 2.05) is 0 Å². The summed E-state index contributed by atoms with van der Waals surface area (Å²) in [5.41, 5.74) is 1.89. The van der Waals surface area contributed by atoms with E-state index in [1.54, 1.807) is 36.4 Å². The molecule has 0 atom stereocenters.